The molecule has 3 rings (SSSR count). The Morgan fingerprint density at radius 3 is 2.62 bits per heavy atom. The van der Waals surface area contributed by atoms with Crippen LogP contribution in [0.3, 0.4) is 0 Å². The third-order valence-corrected chi connectivity index (χ3v) is 5.72. The van der Waals surface area contributed by atoms with E-state index in [0.29, 0.717) is 6.04 Å². The van der Waals surface area contributed by atoms with Crippen molar-refractivity contribution >= 4 is 5.96 Å². The number of rotatable bonds is 7. The fourth-order valence-electron chi connectivity index (χ4n) is 4.11. The second kappa shape index (κ2) is 10.4. The fourth-order valence-corrected chi connectivity index (χ4v) is 4.11. The van der Waals surface area contributed by atoms with Gasteiger partial charge in [0.25, 0.3) is 0 Å². The van der Waals surface area contributed by atoms with Crippen LogP contribution in [-0.4, -0.2) is 51.8 Å². The molecule has 158 valence electrons. The molecular weight excluding hydrogens is 362 g/mol. The molecule has 7 heteroatoms. The summed E-state index contributed by atoms with van der Waals surface area (Å²) in [5, 5.41) is 11.8. The Labute approximate surface area is 174 Å². The van der Waals surface area contributed by atoms with E-state index < -0.39 is 0 Å². The van der Waals surface area contributed by atoms with Gasteiger partial charge in [-0.3, -0.25) is 19.6 Å². The molecule has 0 aromatic carbocycles. The third kappa shape index (κ3) is 5.56. The van der Waals surface area contributed by atoms with Crippen LogP contribution in [0.15, 0.2) is 29.4 Å². The molecule has 29 heavy (non-hydrogen) atoms. The zero-order valence-corrected chi connectivity index (χ0v) is 18.3. The molecule has 0 unspecified atom stereocenters. The highest BCUT2D eigenvalue weighted by Gasteiger charge is 2.21. The molecule has 2 N–H and O–H groups in total. The first-order valence-corrected chi connectivity index (χ1v) is 10.8. The number of pyridine rings is 1. The number of guanidine groups is 1. The summed E-state index contributed by atoms with van der Waals surface area (Å²) < 4.78 is 2.02. The van der Waals surface area contributed by atoms with Crippen molar-refractivity contribution in [3.05, 3.63) is 47.0 Å². The van der Waals surface area contributed by atoms with E-state index in [4.69, 9.17) is 0 Å². The van der Waals surface area contributed by atoms with Gasteiger partial charge in [0.15, 0.2) is 5.96 Å². The van der Waals surface area contributed by atoms with E-state index >= 15 is 0 Å². The summed E-state index contributed by atoms with van der Waals surface area (Å²) in [6, 6.07) is 6.58. The zero-order chi connectivity index (χ0) is 20.6. The van der Waals surface area contributed by atoms with Gasteiger partial charge in [-0.15, -0.1) is 0 Å². The average Bonchev–Trinajstić information content (AvgIpc) is 3.07. The highest BCUT2D eigenvalue weighted by atomic mass is 15.3. The van der Waals surface area contributed by atoms with Crippen LogP contribution in [0.4, 0.5) is 0 Å². The number of piperidine rings is 1. The summed E-state index contributed by atoms with van der Waals surface area (Å²) in [5.41, 5.74) is 4.93. The van der Waals surface area contributed by atoms with Gasteiger partial charge in [-0.25, -0.2) is 0 Å². The first-order valence-electron chi connectivity index (χ1n) is 10.8. The van der Waals surface area contributed by atoms with Crippen molar-refractivity contribution in [3.8, 4) is 0 Å². The number of likely N-dealkylation sites (tertiary alicyclic amines) is 1. The topological polar surface area (TPSA) is 70.4 Å². The van der Waals surface area contributed by atoms with Crippen LogP contribution in [0, 0.1) is 0 Å². The number of hydrogen-bond acceptors (Lipinski definition) is 4. The predicted octanol–water partition coefficient (Wildman–Crippen LogP) is 2.27. The molecule has 0 aliphatic carbocycles. The summed E-state index contributed by atoms with van der Waals surface area (Å²) in [6.45, 7) is 8.20. The van der Waals surface area contributed by atoms with E-state index in [9.17, 15) is 0 Å². The van der Waals surface area contributed by atoms with Crippen molar-refractivity contribution < 1.29 is 0 Å². The Morgan fingerprint density at radius 1 is 1.21 bits per heavy atom. The average molecular weight is 398 g/mol. The van der Waals surface area contributed by atoms with Gasteiger partial charge in [0, 0.05) is 63.8 Å². The number of hydrogen-bond donors (Lipinski definition) is 2. The summed E-state index contributed by atoms with van der Waals surface area (Å²) in [4.78, 5) is 11.4. The lowest BCUT2D eigenvalue weighted by Crippen LogP contribution is -2.48. The second-order valence-corrected chi connectivity index (χ2v) is 7.64. The molecular formula is C22H35N7. The quantitative estimate of drug-likeness (QED) is 0.554. The van der Waals surface area contributed by atoms with Gasteiger partial charge in [0.2, 0.25) is 0 Å². The van der Waals surface area contributed by atoms with Crippen LogP contribution in [-0.2, 0) is 33.0 Å². The highest BCUT2D eigenvalue weighted by Crippen LogP contribution is 2.16. The van der Waals surface area contributed by atoms with Crippen LogP contribution in [0.2, 0.25) is 0 Å². The molecule has 1 aliphatic rings. The van der Waals surface area contributed by atoms with E-state index in [0.717, 1.165) is 63.5 Å². The lowest BCUT2D eigenvalue weighted by atomic mass is 10.0. The molecule has 0 atom stereocenters. The molecule has 1 fully saturated rings. The Hall–Kier alpha value is -2.41. The molecule has 1 saturated heterocycles. The molecule has 1 aliphatic heterocycles. The lowest BCUT2D eigenvalue weighted by molar-refractivity contribution is 0.196. The van der Waals surface area contributed by atoms with Crippen LogP contribution >= 0.6 is 0 Å². The maximum absolute atomic E-state index is 4.67. The van der Waals surface area contributed by atoms with E-state index in [-0.39, 0.29) is 0 Å². The number of nitrogens with zero attached hydrogens (tertiary/aromatic N) is 5. The fraction of sp³-hybridized carbons (Fsp3) is 0.591. The first kappa shape index (κ1) is 21.3. The van der Waals surface area contributed by atoms with Gasteiger partial charge < -0.3 is 10.6 Å². The van der Waals surface area contributed by atoms with Crippen molar-refractivity contribution in [3.63, 3.8) is 0 Å². The van der Waals surface area contributed by atoms with Crippen LogP contribution in [0.25, 0.3) is 0 Å². The number of aryl methyl sites for hydroxylation is 2. The normalized spacial score (nSPS) is 16.2. The van der Waals surface area contributed by atoms with Gasteiger partial charge in [-0.1, -0.05) is 19.9 Å². The van der Waals surface area contributed by atoms with Crippen molar-refractivity contribution in [1.82, 2.24) is 30.3 Å². The Balaban J connectivity index is 1.49. The minimum Gasteiger partial charge on any atom is -0.354 e. The van der Waals surface area contributed by atoms with Crippen LogP contribution in [0.1, 0.15) is 49.3 Å². The largest absolute Gasteiger partial charge is 0.354 e. The van der Waals surface area contributed by atoms with Crippen molar-refractivity contribution in [1.29, 1.82) is 0 Å². The summed E-state index contributed by atoms with van der Waals surface area (Å²) in [7, 11) is 3.88. The molecule has 0 spiro atoms. The molecule has 2 aromatic heterocycles. The lowest BCUT2D eigenvalue weighted by Gasteiger charge is -2.32. The SMILES string of the molecule is CCc1nn(C)c(CC)c1CNC(=NC)NC1CCN(Cc2ccccn2)CC1. The Bertz CT molecular complexity index is 789. The minimum atomic E-state index is 0.450. The minimum absolute atomic E-state index is 0.450. The maximum atomic E-state index is 4.67. The van der Waals surface area contributed by atoms with E-state index in [1.165, 1.54) is 17.0 Å². The predicted molar refractivity (Wildman–Crippen MR) is 118 cm³/mol. The molecule has 7 nitrogen and oxygen atoms in total. The van der Waals surface area contributed by atoms with Crippen molar-refractivity contribution in [2.45, 2.75) is 58.7 Å². The second-order valence-electron chi connectivity index (χ2n) is 7.64. The Morgan fingerprint density at radius 2 is 2.00 bits per heavy atom. The molecule has 0 radical (unpaired) electrons. The van der Waals surface area contributed by atoms with Gasteiger partial charge >= 0.3 is 0 Å². The smallest absolute Gasteiger partial charge is 0.191 e. The molecule has 0 saturated carbocycles. The highest BCUT2D eigenvalue weighted by molar-refractivity contribution is 5.80. The number of aromatic nitrogens is 3. The molecule has 2 aromatic rings. The van der Waals surface area contributed by atoms with Crippen molar-refractivity contribution in [2.75, 3.05) is 20.1 Å². The van der Waals surface area contributed by atoms with Crippen molar-refractivity contribution in [2.24, 2.45) is 12.0 Å². The van der Waals surface area contributed by atoms with E-state index in [2.05, 4.69) is 56.6 Å². The monoisotopic (exact) mass is 397 g/mol. The zero-order valence-electron chi connectivity index (χ0n) is 18.3. The molecule has 0 amide bonds. The van der Waals surface area contributed by atoms with Crippen LogP contribution < -0.4 is 10.6 Å². The molecule has 3 heterocycles. The number of nitrogens with one attached hydrogen (secondary N) is 2. The molecule has 0 bridgehead atoms. The van der Waals surface area contributed by atoms with Gasteiger partial charge in [0.05, 0.1) is 11.4 Å². The van der Waals surface area contributed by atoms with E-state index in [1.807, 2.05) is 31.0 Å². The van der Waals surface area contributed by atoms with Gasteiger partial charge in [-0.05, 0) is 37.8 Å². The Kier molecular flexibility index (Phi) is 7.63. The number of aliphatic imine (C=N–C) groups is 1. The van der Waals surface area contributed by atoms with E-state index in [1.54, 1.807) is 0 Å². The maximum Gasteiger partial charge on any atom is 0.191 e. The summed E-state index contributed by atoms with van der Waals surface area (Å²) in [6.07, 6.45) is 6.03. The van der Waals surface area contributed by atoms with Crippen LogP contribution in [0.5, 0.6) is 0 Å². The summed E-state index contributed by atoms with van der Waals surface area (Å²) >= 11 is 0. The third-order valence-electron chi connectivity index (χ3n) is 5.72. The van der Waals surface area contributed by atoms with Gasteiger partial charge in [-0.2, -0.15) is 5.10 Å². The first-order chi connectivity index (χ1) is 14.1. The summed E-state index contributed by atoms with van der Waals surface area (Å²) in [5.74, 6) is 0.876. The standard InChI is InChI=1S/C22H35N7/c1-5-20-19(21(6-2)28(4)27-20)15-25-22(23-3)26-17-10-13-29(14-11-17)16-18-9-7-8-12-24-18/h7-9,12,17H,5-6,10-11,13-16H2,1-4H3,(H2,23,25,26). The van der Waals surface area contributed by atoms with Gasteiger partial charge in [0.1, 0.15) is 0 Å².